The Hall–Kier alpha value is -3.41. The third-order valence-corrected chi connectivity index (χ3v) is 5.00. The van der Waals surface area contributed by atoms with Crippen molar-refractivity contribution in [3.63, 3.8) is 0 Å². The third-order valence-electron chi connectivity index (χ3n) is 5.00. The Bertz CT molecular complexity index is 1020. The molecular weight excluding hydrogens is 382 g/mol. The minimum atomic E-state index is -0.315. The van der Waals surface area contributed by atoms with Gasteiger partial charge in [-0.05, 0) is 74.4 Å². The molecule has 158 valence electrons. The Morgan fingerprint density at radius 3 is 2.43 bits per heavy atom. The summed E-state index contributed by atoms with van der Waals surface area (Å²) < 4.78 is 22.1. The lowest BCUT2D eigenvalue weighted by atomic mass is 10.1. The van der Waals surface area contributed by atoms with Gasteiger partial charge in [0.05, 0.1) is 20.3 Å². The quantitative estimate of drug-likeness (QED) is 0.568. The predicted molar refractivity (Wildman–Crippen MR) is 114 cm³/mol. The molecular formula is C24H27NO5. The highest BCUT2D eigenvalue weighted by molar-refractivity contribution is 5.91. The van der Waals surface area contributed by atoms with Gasteiger partial charge in [-0.15, -0.1) is 0 Å². The first-order valence-corrected chi connectivity index (χ1v) is 9.72. The molecule has 0 fully saturated rings. The van der Waals surface area contributed by atoms with E-state index in [4.69, 9.17) is 18.6 Å². The molecule has 1 amide bonds. The van der Waals surface area contributed by atoms with E-state index in [9.17, 15) is 4.79 Å². The minimum absolute atomic E-state index is 0.224. The molecule has 0 bridgehead atoms. The van der Waals surface area contributed by atoms with E-state index in [0.717, 1.165) is 16.9 Å². The lowest BCUT2D eigenvalue weighted by Gasteiger charge is -2.17. The van der Waals surface area contributed by atoms with E-state index < -0.39 is 0 Å². The van der Waals surface area contributed by atoms with E-state index in [1.54, 1.807) is 26.4 Å². The number of nitrogens with one attached hydrogen (secondary N) is 1. The molecule has 6 heteroatoms. The van der Waals surface area contributed by atoms with E-state index in [1.807, 2.05) is 50.2 Å². The highest BCUT2D eigenvalue weighted by Gasteiger charge is 2.18. The Kier molecular flexibility index (Phi) is 6.67. The highest BCUT2D eigenvalue weighted by atomic mass is 16.5. The van der Waals surface area contributed by atoms with Crippen LogP contribution < -0.4 is 19.5 Å². The standard InChI is InChI=1S/C24H27NO5/c1-15-6-7-19(12-16(15)2)29-14-20-9-11-23(30-20)24(26)25-17(3)21-13-18(27-4)8-10-22(21)28-5/h6-13,17H,14H2,1-5H3,(H,25,26). The van der Waals surface area contributed by atoms with Gasteiger partial charge in [0.25, 0.3) is 5.91 Å². The number of ether oxygens (including phenoxy) is 3. The van der Waals surface area contributed by atoms with Crippen molar-refractivity contribution in [1.82, 2.24) is 5.32 Å². The average Bonchev–Trinajstić information content (AvgIpc) is 3.23. The molecule has 3 rings (SSSR count). The number of carbonyl (C=O) groups is 1. The van der Waals surface area contributed by atoms with Gasteiger partial charge in [0.2, 0.25) is 0 Å². The van der Waals surface area contributed by atoms with E-state index in [-0.39, 0.29) is 24.3 Å². The normalized spacial score (nSPS) is 11.6. The van der Waals surface area contributed by atoms with Crippen molar-refractivity contribution in [3.05, 3.63) is 76.7 Å². The molecule has 1 aromatic heterocycles. The van der Waals surface area contributed by atoms with Gasteiger partial charge < -0.3 is 23.9 Å². The van der Waals surface area contributed by atoms with Crippen LogP contribution >= 0.6 is 0 Å². The van der Waals surface area contributed by atoms with E-state index >= 15 is 0 Å². The maximum Gasteiger partial charge on any atom is 0.287 e. The molecule has 6 nitrogen and oxygen atoms in total. The summed E-state index contributed by atoms with van der Waals surface area (Å²) in [5.74, 6) is 2.61. The van der Waals surface area contributed by atoms with Crippen LogP contribution in [0.1, 0.15) is 46.0 Å². The van der Waals surface area contributed by atoms with Gasteiger partial charge in [0.1, 0.15) is 29.6 Å². The van der Waals surface area contributed by atoms with Crippen LogP contribution in [0.2, 0.25) is 0 Å². The first-order chi connectivity index (χ1) is 14.4. The SMILES string of the molecule is COc1ccc(OC)c(C(C)NC(=O)c2ccc(COc3ccc(C)c(C)c3)o2)c1. The van der Waals surface area contributed by atoms with Gasteiger partial charge >= 0.3 is 0 Å². The number of aryl methyl sites for hydroxylation is 2. The summed E-state index contributed by atoms with van der Waals surface area (Å²) in [7, 11) is 3.19. The first-order valence-electron chi connectivity index (χ1n) is 9.72. The van der Waals surface area contributed by atoms with Crippen molar-refractivity contribution in [2.45, 2.75) is 33.4 Å². The van der Waals surface area contributed by atoms with Gasteiger partial charge in [-0.2, -0.15) is 0 Å². The second-order valence-corrected chi connectivity index (χ2v) is 7.10. The molecule has 0 aliphatic rings. The second kappa shape index (κ2) is 9.39. The molecule has 0 aliphatic carbocycles. The predicted octanol–water partition coefficient (Wildman–Crippen LogP) is 4.98. The number of rotatable bonds is 8. The fourth-order valence-corrected chi connectivity index (χ4v) is 3.06. The van der Waals surface area contributed by atoms with Crippen LogP contribution in [0, 0.1) is 13.8 Å². The second-order valence-electron chi connectivity index (χ2n) is 7.10. The van der Waals surface area contributed by atoms with Crippen molar-refractivity contribution in [2.24, 2.45) is 0 Å². The summed E-state index contributed by atoms with van der Waals surface area (Å²) in [5.41, 5.74) is 3.19. The number of furan rings is 1. The van der Waals surface area contributed by atoms with Crippen LogP contribution in [0.25, 0.3) is 0 Å². The van der Waals surface area contributed by atoms with Crippen LogP contribution in [-0.4, -0.2) is 20.1 Å². The van der Waals surface area contributed by atoms with Crippen LogP contribution in [0.5, 0.6) is 17.2 Å². The number of benzene rings is 2. The monoisotopic (exact) mass is 409 g/mol. The average molecular weight is 409 g/mol. The molecule has 3 aromatic rings. The summed E-state index contributed by atoms with van der Waals surface area (Å²) in [4.78, 5) is 12.6. The molecule has 0 saturated carbocycles. The van der Waals surface area contributed by atoms with E-state index in [2.05, 4.69) is 12.2 Å². The number of methoxy groups -OCH3 is 2. The number of carbonyl (C=O) groups excluding carboxylic acids is 1. The van der Waals surface area contributed by atoms with Crippen molar-refractivity contribution < 1.29 is 23.4 Å². The van der Waals surface area contributed by atoms with Crippen LogP contribution in [0.15, 0.2) is 52.9 Å². The van der Waals surface area contributed by atoms with Gasteiger partial charge in [0.15, 0.2) is 5.76 Å². The molecule has 1 N–H and O–H groups in total. The molecule has 0 spiro atoms. The maximum atomic E-state index is 12.6. The van der Waals surface area contributed by atoms with Crippen LogP contribution in [-0.2, 0) is 6.61 Å². The molecule has 0 saturated heterocycles. The molecule has 1 atom stereocenters. The Labute approximate surface area is 176 Å². The first kappa shape index (κ1) is 21.3. The van der Waals surface area contributed by atoms with Crippen LogP contribution in [0.3, 0.4) is 0 Å². The molecule has 1 heterocycles. The topological polar surface area (TPSA) is 69.9 Å². The molecule has 2 aromatic carbocycles. The molecule has 30 heavy (non-hydrogen) atoms. The summed E-state index contributed by atoms with van der Waals surface area (Å²) >= 11 is 0. The molecule has 0 radical (unpaired) electrons. The minimum Gasteiger partial charge on any atom is -0.497 e. The Balaban J connectivity index is 1.64. The van der Waals surface area contributed by atoms with Crippen LogP contribution in [0.4, 0.5) is 0 Å². The zero-order valence-electron chi connectivity index (χ0n) is 17.9. The largest absolute Gasteiger partial charge is 0.497 e. The van der Waals surface area contributed by atoms with Crippen molar-refractivity contribution >= 4 is 5.91 Å². The zero-order chi connectivity index (χ0) is 21.7. The molecule has 0 aliphatic heterocycles. The lowest BCUT2D eigenvalue weighted by molar-refractivity contribution is 0.0907. The Morgan fingerprint density at radius 1 is 0.967 bits per heavy atom. The maximum absolute atomic E-state index is 12.6. The van der Waals surface area contributed by atoms with E-state index in [0.29, 0.717) is 17.3 Å². The van der Waals surface area contributed by atoms with Crippen molar-refractivity contribution in [1.29, 1.82) is 0 Å². The smallest absolute Gasteiger partial charge is 0.287 e. The van der Waals surface area contributed by atoms with Gasteiger partial charge in [-0.3, -0.25) is 4.79 Å². The lowest BCUT2D eigenvalue weighted by Crippen LogP contribution is -2.26. The number of hydrogen-bond acceptors (Lipinski definition) is 5. The highest BCUT2D eigenvalue weighted by Crippen LogP contribution is 2.29. The summed E-state index contributed by atoms with van der Waals surface area (Å²) in [6.45, 7) is 6.21. The summed E-state index contributed by atoms with van der Waals surface area (Å²) in [6.07, 6.45) is 0. The number of amides is 1. The van der Waals surface area contributed by atoms with Crippen molar-refractivity contribution in [3.8, 4) is 17.2 Å². The molecule has 1 unspecified atom stereocenters. The fraction of sp³-hybridized carbons (Fsp3) is 0.292. The number of hydrogen-bond donors (Lipinski definition) is 1. The van der Waals surface area contributed by atoms with Gasteiger partial charge in [-0.1, -0.05) is 6.07 Å². The van der Waals surface area contributed by atoms with E-state index in [1.165, 1.54) is 5.56 Å². The zero-order valence-corrected chi connectivity index (χ0v) is 17.9. The Morgan fingerprint density at radius 2 is 1.73 bits per heavy atom. The van der Waals surface area contributed by atoms with Gasteiger partial charge in [0, 0.05) is 5.56 Å². The van der Waals surface area contributed by atoms with Gasteiger partial charge in [-0.25, -0.2) is 0 Å². The fourth-order valence-electron chi connectivity index (χ4n) is 3.06. The van der Waals surface area contributed by atoms with Crippen molar-refractivity contribution in [2.75, 3.05) is 14.2 Å². The third kappa shape index (κ3) is 4.95. The summed E-state index contributed by atoms with van der Waals surface area (Å²) in [5, 5.41) is 2.93. The summed E-state index contributed by atoms with van der Waals surface area (Å²) in [6, 6.07) is 14.5.